The SMILES string of the molecule is CCC(c1ccccc1F)n1ncc(C)c1N. The van der Waals surface area contributed by atoms with Crippen molar-refractivity contribution in [2.24, 2.45) is 0 Å². The van der Waals surface area contributed by atoms with Crippen molar-refractivity contribution in [2.45, 2.75) is 26.3 Å². The summed E-state index contributed by atoms with van der Waals surface area (Å²) in [7, 11) is 0. The Morgan fingerprint density at radius 2 is 2.12 bits per heavy atom. The molecule has 90 valence electrons. The van der Waals surface area contributed by atoms with Gasteiger partial charge in [-0.05, 0) is 19.4 Å². The zero-order valence-corrected chi connectivity index (χ0v) is 10.0. The van der Waals surface area contributed by atoms with Crippen molar-refractivity contribution in [3.05, 3.63) is 47.4 Å². The summed E-state index contributed by atoms with van der Waals surface area (Å²) in [6, 6.07) is 6.60. The molecule has 1 atom stereocenters. The number of nitrogens with two attached hydrogens (primary N) is 1. The summed E-state index contributed by atoms with van der Waals surface area (Å²) in [5.74, 6) is 0.381. The summed E-state index contributed by atoms with van der Waals surface area (Å²) >= 11 is 0. The number of aromatic nitrogens is 2. The van der Waals surface area contributed by atoms with E-state index in [0.29, 0.717) is 11.4 Å². The number of aryl methyl sites for hydroxylation is 1. The number of benzene rings is 1. The lowest BCUT2D eigenvalue weighted by atomic mass is 10.0. The van der Waals surface area contributed by atoms with E-state index >= 15 is 0 Å². The molecular formula is C13H16FN3. The zero-order valence-electron chi connectivity index (χ0n) is 10.0. The third kappa shape index (κ3) is 2.02. The topological polar surface area (TPSA) is 43.8 Å². The van der Waals surface area contributed by atoms with Gasteiger partial charge in [0.1, 0.15) is 11.6 Å². The van der Waals surface area contributed by atoms with Gasteiger partial charge in [0, 0.05) is 11.1 Å². The Kier molecular flexibility index (Phi) is 3.13. The molecule has 0 fully saturated rings. The summed E-state index contributed by atoms with van der Waals surface area (Å²) in [4.78, 5) is 0. The lowest BCUT2D eigenvalue weighted by molar-refractivity contribution is 0.485. The van der Waals surface area contributed by atoms with Gasteiger partial charge >= 0.3 is 0 Å². The molecule has 0 aliphatic carbocycles. The van der Waals surface area contributed by atoms with Crippen LogP contribution in [0.2, 0.25) is 0 Å². The van der Waals surface area contributed by atoms with E-state index in [4.69, 9.17) is 5.73 Å². The Morgan fingerprint density at radius 1 is 1.41 bits per heavy atom. The summed E-state index contributed by atoms with van der Waals surface area (Å²) in [5, 5.41) is 4.23. The second-order valence-corrected chi connectivity index (χ2v) is 4.10. The van der Waals surface area contributed by atoms with E-state index in [-0.39, 0.29) is 11.9 Å². The minimum Gasteiger partial charge on any atom is -0.384 e. The highest BCUT2D eigenvalue weighted by atomic mass is 19.1. The van der Waals surface area contributed by atoms with Crippen molar-refractivity contribution in [2.75, 3.05) is 5.73 Å². The standard InChI is InChI=1S/C13H16FN3/c1-3-12(10-6-4-5-7-11(10)14)17-13(15)9(2)8-16-17/h4-8,12H,3,15H2,1-2H3. The number of nitrogens with zero attached hydrogens (tertiary/aromatic N) is 2. The van der Waals surface area contributed by atoms with Gasteiger partial charge < -0.3 is 5.73 Å². The minimum absolute atomic E-state index is 0.148. The molecule has 0 saturated carbocycles. The Hall–Kier alpha value is -1.84. The normalized spacial score (nSPS) is 12.6. The average molecular weight is 233 g/mol. The van der Waals surface area contributed by atoms with Crippen molar-refractivity contribution in [3.8, 4) is 0 Å². The minimum atomic E-state index is -0.216. The van der Waals surface area contributed by atoms with Gasteiger partial charge in [-0.3, -0.25) is 0 Å². The Bertz CT molecular complexity index is 519. The van der Waals surface area contributed by atoms with Crippen LogP contribution in [0.25, 0.3) is 0 Å². The highest BCUT2D eigenvalue weighted by Crippen LogP contribution is 2.27. The van der Waals surface area contributed by atoms with Crippen LogP contribution in [0.4, 0.5) is 10.2 Å². The van der Waals surface area contributed by atoms with Crippen LogP contribution in [0.3, 0.4) is 0 Å². The first-order valence-corrected chi connectivity index (χ1v) is 5.69. The monoisotopic (exact) mass is 233 g/mol. The molecule has 0 saturated heterocycles. The van der Waals surface area contributed by atoms with Crippen LogP contribution in [-0.4, -0.2) is 9.78 Å². The second kappa shape index (κ2) is 4.57. The van der Waals surface area contributed by atoms with Gasteiger partial charge in [-0.25, -0.2) is 9.07 Å². The Labute approximate surface area is 100 Å². The van der Waals surface area contributed by atoms with E-state index in [2.05, 4.69) is 5.10 Å². The molecule has 2 rings (SSSR count). The quantitative estimate of drug-likeness (QED) is 0.885. The average Bonchev–Trinajstić information content (AvgIpc) is 2.65. The van der Waals surface area contributed by atoms with E-state index in [1.54, 1.807) is 23.0 Å². The lowest BCUT2D eigenvalue weighted by Gasteiger charge is -2.18. The first-order chi connectivity index (χ1) is 8.15. The molecule has 0 bridgehead atoms. The smallest absolute Gasteiger partial charge is 0.128 e. The molecule has 1 unspecified atom stereocenters. The third-order valence-corrected chi connectivity index (χ3v) is 2.97. The van der Waals surface area contributed by atoms with Crippen molar-refractivity contribution >= 4 is 5.82 Å². The van der Waals surface area contributed by atoms with Crippen molar-refractivity contribution in [1.82, 2.24) is 9.78 Å². The van der Waals surface area contributed by atoms with Crippen LogP contribution >= 0.6 is 0 Å². The van der Waals surface area contributed by atoms with E-state index in [0.717, 1.165) is 12.0 Å². The van der Waals surface area contributed by atoms with Gasteiger partial charge in [0.15, 0.2) is 0 Å². The number of anilines is 1. The van der Waals surface area contributed by atoms with E-state index in [1.165, 1.54) is 6.07 Å². The molecule has 1 aromatic carbocycles. The van der Waals surface area contributed by atoms with E-state index < -0.39 is 0 Å². The molecule has 1 aromatic heterocycles. The van der Waals surface area contributed by atoms with E-state index in [9.17, 15) is 4.39 Å². The number of hydrogen-bond acceptors (Lipinski definition) is 2. The Balaban J connectivity index is 2.48. The maximum absolute atomic E-state index is 13.8. The molecule has 1 heterocycles. The highest BCUT2D eigenvalue weighted by molar-refractivity contribution is 5.39. The predicted molar refractivity (Wildman–Crippen MR) is 66.2 cm³/mol. The number of nitrogen functional groups attached to an aromatic ring is 1. The van der Waals surface area contributed by atoms with Crippen molar-refractivity contribution in [3.63, 3.8) is 0 Å². The number of halogens is 1. The molecule has 0 amide bonds. The van der Waals surface area contributed by atoms with Gasteiger partial charge in [-0.2, -0.15) is 5.10 Å². The molecule has 0 spiro atoms. The molecule has 0 radical (unpaired) electrons. The fraction of sp³-hybridized carbons (Fsp3) is 0.308. The molecule has 17 heavy (non-hydrogen) atoms. The van der Waals surface area contributed by atoms with Crippen LogP contribution in [0.5, 0.6) is 0 Å². The molecule has 0 aliphatic heterocycles. The molecule has 3 nitrogen and oxygen atoms in total. The summed E-state index contributed by atoms with van der Waals surface area (Å²) < 4.78 is 15.5. The van der Waals surface area contributed by atoms with Gasteiger partial charge in [0.05, 0.1) is 12.2 Å². The summed E-state index contributed by atoms with van der Waals surface area (Å²) in [6.07, 6.45) is 2.45. The van der Waals surface area contributed by atoms with Gasteiger partial charge in [0.2, 0.25) is 0 Å². The number of hydrogen-bond donors (Lipinski definition) is 1. The van der Waals surface area contributed by atoms with Gasteiger partial charge in [-0.1, -0.05) is 25.1 Å². The highest BCUT2D eigenvalue weighted by Gasteiger charge is 2.18. The first-order valence-electron chi connectivity index (χ1n) is 5.69. The number of rotatable bonds is 3. The summed E-state index contributed by atoms with van der Waals surface area (Å²) in [6.45, 7) is 3.89. The zero-order chi connectivity index (χ0) is 12.4. The van der Waals surface area contributed by atoms with Crippen LogP contribution in [0.1, 0.15) is 30.5 Å². The van der Waals surface area contributed by atoms with Crippen molar-refractivity contribution < 1.29 is 4.39 Å². The lowest BCUT2D eigenvalue weighted by Crippen LogP contribution is -2.15. The van der Waals surface area contributed by atoms with Gasteiger partial charge in [-0.15, -0.1) is 0 Å². The first kappa shape index (κ1) is 11.6. The maximum atomic E-state index is 13.8. The molecule has 2 aromatic rings. The molecule has 0 aliphatic rings. The van der Waals surface area contributed by atoms with Gasteiger partial charge in [0.25, 0.3) is 0 Å². The van der Waals surface area contributed by atoms with Crippen LogP contribution in [0.15, 0.2) is 30.5 Å². The summed E-state index contributed by atoms with van der Waals surface area (Å²) in [5.41, 5.74) is 7.49. The fourth-order valence-electron chi connectivity index (χ4n) is 1.98. The largest absolute Gasteiger partial charge is 0.384 e. The second-order valence-electron chi connectivity index (χ2n) is 4.10. The Morgan fingerprint density at radius 3 is 2.65 bits per heavy atom. The van der Waals surface area contributed by atoms with Crippen LogP contribution < -0.4 is 5.73 Å². The van der Waals surface area contributed by atoms with Crippen molar-refractivity contribution in [1.29, 1.82) is 0 Å². The van der Waals surface area contributed by atoms with E-state index in [1.807, 2.05) is 19.9 Å². The molecule has 4 heteroatoms. The molecule has 2 N–H and O–H groups in total. The third-order valence-electron chi connectivity index (χ3n) is 2.97. The fourth-order valence-corrected chi connectivity index (χ4v) is 1.98. The maximum Gasteiger partial charge on any atom is 0.128 e. The van der Waals surface area contributed by atoms with Crippen LogP contribution in [0, 0.1) is 12.7 Å². The van der Waals surface area contributed by atoms with Crippen LogP contribution in [-0.2, 0) is 0 Å². The predicted octanol–water partition coefficient (Wildman–Crippen LogP) is 2.91. The molecular weight excluding hydrogens is 217 g/mol.